The van der Waals surface area contributed by atoms with Gasteiger partial charge in [-0.1, -0.05) is 44.0 Å². The van der Waals surface area contributed by atoms with Crippen LogP contribution in [-0.2, 0) is 4.79 Å². The number of amides is 2. The number of benzene rings is 1. The van der Waals surface area contributed by atoms with Gasteiger partial charge in [0, 0.05) is 0 Å². The van der Waals surface area contributed by atoms with Crippen molar-refractivity contribution in [3.05, 3.63) is 35.4 Å². The van der Waals surface area contributed by atoms with Gasteiger partial charge < -0.3 is 15.7 Å². The Balaban J connectivity index is 2.59. The number of aryl methyl sites for hydroxylation is 1. The molecular formula is C16H24N2O3. The van der Waals surface area contributed by atoms with Crippen LogP contribution in [0.5, 0.6) is 0 Å². The first-order valence-electron chi connectivity index (χ1n) is 7.31. The number of hydrogen-bond donors (Lipinski definition) is 3. The molecule has 0 aromatic heterocycles. The van der Waals surface area contributed by atoms with Crippen molar-refractivity contribution in [1.29, 1.82) is 0 Å². The van der Waals surface area contributed by atoms with Gasteiger partial charge in [-0.3, -0.25) is 0 Å². The fraction of sp³-hybridized carbons (Fsp3) is 0.500. The predicted molar refractivity (Wildman–Crippen MR) is 82.2 cm³/mol. The molecule has 21 heavy (non-hydrogen) atoms. The third-order valence-electron chi connectivity index (χ3n) is 3.45. The molecule has 0 bridgehead atoms. The summed E-state index contributed by atoms with van der Waals surface area (Å²) in [6.07, 6.45) is 2.11. The third kappa shape index (κ3) is 5.45. The van der Waals surface area contributed by atoms with E-state index in [0.29, 0.717) is 6.42 Å². The van der Waals surface area contributed by atoms with Crippen LogP contribution in [0, 0.1) is 6.92 Å². The zero-order valence-corrected chi connectivity index (χ0v) is 12.8. The number of aliphatic carboxylic acids is 1. The van der Waals surface area contributed by atoms with Crippen LogP contribution in [0.2, 0.25) is 0 Å². The Bertz CT molecular complexity index is 488. The van der Waals surface area contributed by atoms with E-state index < -0.39 is 18.0 Å². The monoisotopic (exact) mass is 292 g/mol. The normalized spacial score (nSPS) is 13.3. The molecule has 1 aromatic carbocycles. The molecule has 0 saturated carbocycles. The first-order valence-corrected chi connectivity index (χ1v) is 7.31. The molecule has 116 valence electrons. The summed E-state index contributed by atoms with van der Waals surface area (Å²) < 4.78 is 0. The van der Waals surface area contributed by atoms with Gasteiger partial charge in [0.2, 0.25) is 0 Å². The van der Waals surface area contributed by atoms with Gasteiger partial charge in [0.25, 0.3) is 0 Å². The number of nitrogens with one attached hydrogen (secondary N) is 2. The van der Waals surface area contributed by atoms with Gasteiger partial charge in [-0.05, 0) is 31.4 Å². The van der Waals surface area contributed by atoms with Crippen molar-refractivity contribution in [2.45, 2.75) is 52.1 Å². The quantitative estimate of drug-likeness (QED) is 0.723. The maximum atomic E-state index is 11.9. The third-order valence-corrected chi connectivity index (χ3v) is 3.45. The molecule has 0 spiro atoms. The summed E-state index contributed by atoms with van der Waals surface area (Å²) in [6.45, 7) is 5.84. The van der Waals surface area contributed by atoms with Crippen molar-refractivity contribution in [1.82, 2.24) is 10.6 Å². The summed E-state index contributed by atoms with van der Waals surface area (Å²) in [7, 11) is 0. The molecule has 0 aliphatic rings. The standard InChI is InChI=1S/C16H24N2O3/c1-4-5-10-14(15(19)20)18-16(21)17-12(3)13-9-7-6-8-11(13)2/h6-9,12,14H,4-5,10H2,1-3H3,(H,19,20)(H2,17,18,21)/t12?,14-/m0/s1. The summed E-state index contributed by atoms with van der Waals surface area (Å²) in [5.41, 5.74) is 2.11. The summed E-state index contributed by atoms with van der Waals surface area (Å²) >= 11 is 0. The average molecular weight is 292 g/mol. The predicted octanol–water partition coefficient (Wildman–Crippen LogP) is 3.00. The second-order valence-corrected chi connectivity index (χ2v) is 5.23. The van der Waals surface area contributed by atoms with E-state index in [0.717, 1.165) is 24.0 Å². The van der Waals surface area contributed by atoms with Crippen LogP contribution in [-0.4, -0.2) is 23.1 Å². The number of carboxylic acids is 1. The Labute approximate surface area is 125 Å². The van der Waals surface area contributed by atoms with Crippen molar-refractivity contribution >= 4 is 12.0 Å². The second kappa shape index (κ2) is 8.29. The average Bonchev–Trinajstić information content (AvgIpc) is 2.43. The maximum Gasteiger partial charge on any atom is 0.326 e. The SMILES string of the molecule is CCCC[C@H](NC(=O)NC(C)c1ccccc1C)C(=O)O. The highest BCUT2D eigenvalue weighted by molar-refractivity contribution is 5.82. The summed E-state index contributed by atoms with van der Waals surface area (Å²) in [4.78, 5) is 23.0. The molecule has 0 fully saturated rings. The van der Waals surface area contributed by atoms with Crippen LogP contribution in [0.4, 0.5) is 4.79 Å². The number of carbonyl (C=O) groups is 2. The lowest BCUT2D eigenvalue weighted by atomic mass is 10.0. The van der Waals surface area contributed by atoms with E-state index in [-0.39, 0.29) is 6.04 Å². The van der Waals surface area contributed by atoms with E-state index in [1.54, 1.807) is 0 Å². The van der Waals surface area contributed by atoms with Gasteiger partial charge in [0.15, 0.2) is 0 Å². The Morgan fingerprint density at radius 3 is 2.48 bits per heavy atom. The molecule has 1 unspecified atom stereocenters. The molecule has 0 aliphatic heterocycles. The number of rotatable bonds is 7. The highest BCUT2D eigenvalue weighted by Gasteiger charge is 2.20. The van der Waals surface area contributed by atoms with Crippen molar-refractivity contribution in [2.75, 3.05) is 0 Å². The van der Waals surface area contributed by atoms with Gasteiger partial charge in [-0.15, -0.1) is 0 Å². The Kier molecular flexibility index (Phi) is 6.72. The summed E-state index contributed by atoms with van der Waals surface area (Å²) in [5, 5.41) is 14.4. The Morgan fingerprint density at radius 1 is 1.24 bits per heavy atom. The molecule has 0 saturated heterocycles. The van der Waals surface area contributed by atoms with Crippen molar-refractivity contribution in [3.63, 3.8) is 0 Å². The van der Waals surface area contributed by atoms with Gasteiger partial charge in [0.05, 0.1) is 6.04 Å². The van der Waals surface area contributed by atoms with Gasteiger partial charge >= 0.3 is 12.0 Å². The van der Waals surface area contributed by atoms with E-state index >= 15 is 0 Å². The topological polar surface area (TPSA) is 78.4 Å². The highest BCUT2D eigenvalue weighted by atomic mass is 16.4. The molecule has 5 heteroatoms. The van der Waals surface area contributed by atoms with Crippen LogP contribution in [0.1, 0.15) is 50.3 Å². The van der Waals surface area contributed by atoms with E-state index in [1.165, 1.54) is 0 Å². The van der Waals surface area contributed by atoms with E-state index in [9.17, 15) is 9.59 Å². The molecule has 1 aromatic rings. The van der Waals surface area contributed by atoms with Crippen LogP contribution in [0.3, 0.4) is 0 Å². The van der Waals surface area contributed by atoms with E-state index in [2.05, 4.69) is 10.6 Å². The molecule has 0 heterocycles. The molecule has 3 N–H and O–H groups in total. The molecule has 2 amide bonds. The number of hydrogen-bond acceptors (Lipinski definition) is 2. The van der Waals surface area contributed by atoms with Crippen LogP contribution >= 0.6 is 0 Å². The van der Waals surface area contributed by atoms with Gasteiger partial charge in [-0.25, -0.2) is 9.59 Å². The fourth-order valence-electron chi connectivity index (χ4n) is 2.21. The molecule has 5 nitrogen and oxygen atoms in total. The molecule has 0 radical (unpaired) electrons. The first-order chi connectivity index (χ1) is 9.95. The minimum atomic E-state index is -0.998. The molecule has 0 aliphatic carbocycles. The molecular weight excluding hydrogens is 268 g/mol. The summed E-state index contributed by atoms with van der Waals surface area (Å²) in [5.74, 6) is -0.998. The molecule has 1 rings (SSSR count). The lowest BCUT2D eigenvalue weighted by molar-refractivity contribution is -0.139. The van der Waals surface area contributed by atoms with Crippen LogP contribution in [0.15, 0.2) is 24.3 Å². The zero-order chi connectivity index (χ0) is 15.8. The smallest absolute Gasteiger partial charge is 0.326 e. The summed E-state index contributed by atoms with van der Waals surface area (Å²) in [6, 6.07) is 6.32. The fourth-order valence-corrected chi connectivity index (χ4v) is 2.21. The Hall–Kier alpha value is -2.04. The largest absolute Gasteiger partial charge is 0.480 e. The van der Waals surface area contributed by atoms with Gasteiger partial charge in [0.1, 0.15) is 6.04 Å². The minimum Gasteiger partial charge on any atom is -0.480 e. The van der Waals surface area contributed by atoms with Gasteiger partial charge in [-0.2, -0.15) is 0 Å². The number of unbranched alkanes of at least 4 members (excludes halogenated alkanes) is 1. The van der Waals surface area contributed by atoms with E-state index in [4.69, 9.17) is 5.11 Å². The molecule has 2 atom stereocenters. The van der Waals surface area contributed by atoms with Crippen molar-refractivity contribution in [3.8, 4) is 0 Å². The number of urea groups is 1. The maximum absolute atomic E-state index is 11.9. The zero-order valence-electron chi connectivity index (χ0n) is 12.8. The Morgan fingerprint density at radius 2 is 1.90 bits per heavy atom. The lowest BCUT2D eigenvalue weighted by Crippen LogP contribution is -2.46. The van der Waals surface area contributed by atoms with Crippen LogP contribution in [0.25, 0.3) is 0 Å². The highest BCUT2D eigenvalue weighted by Crippen LogP contribution is 2.16. The van der Waals surface area contributed by atoms with Crippen LogP contribution < -0.4 is 10.6 Å². The first kappa shape index (κ1) is 17.0. The second-order valence-electron chi connectivity index (χ2n) is 5.23. The number of carboxylic acid groups (broad SMARTS) is 1. The van der Waals surface area contributed by atoms with Crippen molar-refractivity contribution in [2.24, 2.45) is 0 Å². The number of carbonyl (C=O) groups excluding carboxylic acids is 1. The van der Waals surface area contributed by atoms with Crippen molar-refractivity contribution < 1.29 is 14.7 Å². The van der Waals surface area contributed by atoms with E-state index in [1.807, 2.05) is 45.0 Å². The lowest BCUT2D eigenvalue weighted by Gasteiger charge is -2.19. The minimum absolute atomic E-state index is 0.174.